The van der Waals surface area contributed by atoms with Gasteiger partial charge < -0.3 is 5.11 Å². The lowest BCUT2D eigenvalue weighted by Crippen LogP contribution is -2.58. The molecule has 1 N–H and O–H groups in total. The van der Waals surface area contributed by atoms with Crippen LogP contribution < -0.4 is 0 Å². The summed E-state index contributed by atoms with van der Waals surface area (Å²) >= 11 is 0. The highest BCUT2D eigenvalue weighted by atomic mass is 16.3. The number of rotatable bonds is 0. The number of hydrogen-bond donors (Lipinski definition) is 1. The molecule has 2 heteroatoms. The van der Waals surface area contributed by atoms with Gasteiger partial charge in [-0.05, 0) is 50.4 Å². The number of hydrogen-bond acceptors (Lipinski definition) is 2. The molecule has 4 rings (SSSR count). The van der Waals surface area contributed by atoms with Crippen LogP contribution in [0.4, 0.5) is 0 Å². The molecule has 5 atom stereocenters. The number of aliphatic hydroxyl groups is 1. The lowest BCUT2D eigenvalue weighted by molar-refractivity contribution is -0.0966. The van der Waals surface area contributed by atoms with E-state index in [9.17, 15) is 5.11 Å². The fraction of sp³-hybridized carbons (Fsp3) is 0.933. The van der Waals surface area contributed by atoms with Gasteiger partial charge in [-0.1, -0.05) is 12.8 Å². The summed E-state index contributed by atoms with van der Waals surface area (Å²) in [6.07, 6.45) is 9.97. The van der Waals surface area contributed by atoms with Gasteiger partial charge in [0.15, 0.2) is 0 Å². The van der Waals surface area contributed by atoms with E-state index in [4.69, 9.17) is 4.99 Å². The summed E-state index contributed by atoms with van der Waals surface area (Å²) in [5, 5.41) is 11.0. The van der Waals surface area contributed by atoms with Crippen molar-refractivity contribution in [2.24, 2.45) is 28.7 Å². The van der Waals surface area contributed by atoms with E-state index in [-0.39, 0.29) is 5.60 Å². The molecule has 2 bridgehead atoms. The standard InChI is InChI=1S/C15H23NO/c17-15-7-6-10-3-1-4-11(12(10)9-15)14-13(15)5-2-8-16-14/h10-13,17H,1-9H2/t10-,11-,12+,13-,15-/m0/s1. The summed E-state index contributed by atoms with van der Waals surface area (Å²) in [5.74, 6) is 2.85. The first-order valence-corrected chi connectivity index (χ1v) is 7.54. The predicted molar refractivity (Wildman–Crippen MR) is 68.1 cm³/mol. The third-order valence-electron chi connectivity index (χ3n) is 6.08. The molecule has 3 fully saturated rings. The van der Waals surface area contributed by atoms with Crippen molar-refractivity contribution in [2.45, 2.75) is 57.0 Å². The Morgan fingerprint density at radius 2 is 2.06 bits per heavy atom. The van der Waals surface area contributed by atoms with E-state index in [0.29, 0.717) is 5.92 Å². The second kappa shape index (κ2) is 3.57. The topological polar surface area (TPSA) is 32.6 Å². The van der Waals surface area contributed by atoms with Crippen LogP contribution in [0.3, 0.4) is 0 Å². The first kappa shape index (κ1) is 10.5. The number of fused-ring (bicyclic) bond motifs is 4. The van der Waals surface area contributed by atoms with Crippen LogP contribution in [0.15, 0.2) is 4.99 Å². The van der Waals surface area contributed by atoms with Gasteiger partial charge in [-0.15, -0.1) is 0 Å². The van der Waals surface area contributed by atoms with Gasteiger partial charge in [0, 0.05) is 24.1 Å². The van der Waals surface area contributed by atoms with Gasteiger partial charge in [0.25, 0.3) is 0 Å². The molecule has 4 aliphatic rings. The van der Waals surface area contributed by atoms with Crippen LogP contribution in [-0.4, -0.2) is 23.0 Å². The average Bonchev–Trinajstić information content (AvgIpc) is 2.38. The third kappa shape index (κ3) is 1.39. The molecule has 1 aliphatic heterocycles. The van der Waals surface area contributed by atoms with E-state index in [2.05, 4.69) is 0 Å². The summed E-state index contributed by atoms with van der Waals surface area (Å²) in [6.45, 7) is 1.02. The Morgan fingerprint density at radius 3 is 3.00 bits per heavy atom. The second-order valence-corrected chi connectivity index (χ2v) is 6.81. The van der Waals surface area contributed by atoms with Crippen LogP contribution in [0.25, 0.3) is 0 Å². The molecular formula is C15H23NO. The summed E-state index contributed by atoms with van der Waals surface area (Å²) in [7, 11) is 0. The number of nitrogens with zero attached hydrogens (tertiary/aromatic N) is 1. The molecule has 3 saturated carbocycles. The van der Waals surface area contributed by atoms with Crippen molar-refractivity contribution in [2.75, 3.05) is 6.54 Å². The van der Waals surface area contributed by atoms with E-state index >= 15 is 0 Å². The van der Waals surface area contributed by atoms with Crippen LogP contribution in [0.5, 0.6) is 0 Å². The highest BCUT2D eigenvalue weighted by Crippen LogP contribution is 2.56. The zero-order chi connectivity index (χ0) is 11.5. The largest absolute Gasteiger partial charge is 0.389 e. The number of aliphatic imine (C=N–C) groups is 1. The smallest absolute Gasteiger partial charge is 0.0730 e. The first-order valence-electron chi connectivity index (χ1n) is 7.54. The van der Waals surface area contributed by atoms with E-state index < -0.39 is 0 Å². The minimum atomic E-state index is -0.367. The summed E-state index contributed by atoms with van der Waals surface area (Å²) in [6, 6.07) is 0. The van der Waals surface area contributed by atoms with Crippen molar-refractivity contribution in [3.8, 4) is 0 Å². The molecule has 0 spiro atoms. The lowest BCUT2D eigenvalue weighted by atomic mass is 9.51. The van der Waals surface area contributed by atoms with Gasteiger partial charge in [-0.2, -0.15) is 0 Å². The van der Waals surface area contributed by atoms with E-state index in [1.54, 1.807) is 0 Å². The zero-order valence-corrected chi connectivity index (χ0v) is 10.6. The van der Waals surface area contributed by atoms with Crippen LogP contribution >= 0.6 is 0 Å². The van der Waals surface area contributed by atoms with Crippen LogP contribution in [0.1, 0.15) is 51.4 Å². The molecule has 3 aliphatic carbocycles. The first-order chi connectivity index (χ1) is 8.28. The zero-order valence-electron chi connectivity index (χ0n) is 10.6. The SMILES string of the molecule is O[C@]12CC[C@@H]3CCC[C@H](C4=NCCC[C@@H]41)[C@@H]3C2. The quantitative estimate of drug-likeness (QED) is 0.685. The molecule has 17 heavy (non-hydrogen) atoms. The van der Waals surface area contributed by atoms with Gasteiger partial charge in [-0.3, -0.25) is 4.99 Å². The Bertz CT molecular complexity index is 364. The Labute approximate surface area is 104 Å². The molecule has 0 radical (unpaired) electrons. The Kier molecular flexibility index (Phi) is 2.21. The molecule has 0 amide bonds. The lowest BCUT2D eigenvalue weighted by Gasteiger charge is -2.57. The fourth-order valence-corrected chi connectivity index (χ4v) is 5.33. The van der Waals surface area contributed by atoms with Gasteiger partial charge in [0.2, 0.25) is 0 Å². The van der Waals surface area contributed by atoms with E-state index in [1.807, 2.05) is 0 Å². The molecular weight excluding hydrogens is 210 g/mol. The molecule has 1 heterocycles. The van der Waals surface area contributed by atoms with Gasteiger partial charge >= 0.3 is 0 Å². The predicted octanol–water partition coefficient (Wildman–Crippen LogP) is 2.80. The molecule has 0 aromatic rings. The maximum atomic E-state index is 11.0. The fourth-order valence-electron chi connectivity index (χ4n) is 5.33. The normalized spacial score (nSPS) is 52.6. The van der Waals surface area contributed by atoms with Crippen LogP contribution in [0, 0.1) is 23.7 Å². The third-order valence-corrected chi connectivity index (χ3v) is 6.08. The molecule has 0 saturated heterocycles. The Morgan fingerprint density at radius 1 is 1.12 bits per heavy atom. The highest BCUT2D eigenvalue weighted by molar-refractivity contribution is 5.92. The van der Waals surface area contributed by atoms with Crippen LogP contribution in [-0.2, 0) is 0 Å². The molecule has 0 aromatic heterocycles. The minimum Gasteiger partial charge on any atom is -0.389 e. The van der Waals surface area contributed by atoms with Crippen molar-refractivity contribution < 1.29 is 5.11 Å². The van der Waals surface area contributed by atoms with Gasteiger partial charge in [-0.25, -0.2) is 0 Å². The highest BCUT2D eigenvalue weighted by Gasteiger charge is 2.55. The Hall–Kier alpha value is -0.370. The summed E-state index contributed by atoms with van der Waals surface area (Å²) < 4.78 is 0. The van der Waals surface area contributed by atoms with Crippen molar-refractivity contribution >= 4 is 5.71 Å². The monoisotopic (exact) mass is 233 g/mol. The van der Waals surface area contributed by atoms with Crippen molar-refractivity contribution in [1.82, 2.24) is 0 Å². The second-order valence-electron chi connectivity index (χ2n) is 6.81. The molecule has 2 nitrogen and oxygen atoms in total. The minimum absolute atomic E-state index is 0.367. The van der Waals surface area contributed by atoms with Gasteiger partial charge in [0.1, 0.15) is 0 Å². The van der Waals surface area contributed by atoms with Crippen molar-refractivity contribution in [1.29, 1.82) is 0 Å². The van der Waals surface area contributed by atoms with Crippen LogP contribution in [0.2, 0.25) is 0 Å². The molecule has 0 unspecified atom stereocenters. The van der Waals surface area contributed by atoms with E-state index in [0.717, 1.165) is 37.1 Å². The Balaban J connectivity index is 1.78. The molecule has 0 aromatic carbocycles. The van der Waals surface area contributed by atoms with Gasteiger partial charge in [0.05, 0.1) is 5.60 Å². The van der Waals surface area contributed by atoms with Crippen molar-refractivity contribution in [3.05, 3.63) is 0 Å². The maximum Gasteiger partial charge on any atom is 0.0730 e. The molecule has 94 valence electrons. The van der Waals surface area contributed by atoms with E-state index in [1.165, 1.54) is 44.2 Å². The summed E-state index contributed by atoms with van der Waals surface area (Å²) in [4.78, 5) is 4.86. The van der Waals surface area contributed by atoms with Crippen molar-refractivity contribution in [3.63, 3.8) is 0 Å². The summed E-state index contributed by atoms with van der Waals surface area (Å²) in [5.41, 5.74) is 1.08. The maximum absolute atomic E-state index is 11.0. The average molecular weight is 233 g/mol.